The Kier molecular flexibility index (Phi) is 5.12. The number of rotatable bonds is 6. The van der Waals surface area contributed by atoms with Gasteiger partial charge >= 0.3 is 0 Å². The molecule has 0 aromatic heterocycles. The van der Waals surface area contributed by atoms with Crippen LogP contribution >= 0.6 is 0 Å². The molecule has 0 saturated heterocycles. The Balaban J connectivity index is 1.73. The number of aryl methyl sites for hydroxylation is 2. The van der Waals surface area contributed by atoms with Gasteiger partial charge in [0.05, 0.1) is 0 Å². The van der Waals surface area contributed by atoms with E-state index >= 15 is 0 Å². The zero-order valence-electron chi connectivity index (χ0n) is 15.7. The van der Waals surface area contributed by atoms with Crippen LogP contribution in [0.25, 0.3) is 0 Å². The molecule has 0 unspecified atom stereocenters. The van der Waals surface area contributed by atoms with Crippen molar-refractivity contribution in [3.63, 3.8) is 0 Å². The average Bonchev–Trinajstić information content (AvgIpc) is 3.44. The molecule has 1 saturated carbocycles. The maximum absolute atomic E-state index is 13.1. The van der Waals surface area contributed by atoms with Crippen molar-refractivity contribution in [3.05, 3.63) is 65.2 Å². The molecular weight excluding hydrogens is 324 g/mol. The van der Waals surface area contributed by atoms with Crippen LogP contribution in [0.2, 0.25) is 0 Å². The van der Waals surface area contributed by atoms with Crippen molar-refractivity contribution < 1.29 is 9.59 Å². The number of carbonyl (C=O) groups is 2. The number of nitrogens with zero attached hydrogens (tertiary/aromatic N) is 1. The molecule has 3 rings (SSSR count). The zero-order valence-corrected chi connectivity index (χ0v) is 15.7. The highest BCUT2D eigenvalue weighted by Gasteiger charge is 2.57. The summed E-state index contributed by atoms with van der Waals surface area (Å²) < 4.78 is 0. The Morgan fingerprint density at radius 3 is 2.35 bits per heavy atom. The molecule has 1 aliphatic carbocycles. The molecule has 4 nitrogen and oxygen atoms in total. The van der Waals surface area contributed by atoms with Crippen LogP contribution < -0.4 is 5.32 Å². The number of hydrogen-bond acceptors (Lipinski definition) is 2. The Morgan fingerprint density at radius 1 is 1.08 bits per heavy atom. The molecule has 1 aliphatic rings. The standard InChI is InChI=1S/C22H26N2O2/c1-4-24(15-18-8-6-5-7-9-18)21(26)22(12-13-22)20(25)23-19-11-10-16(2)14-17(19)3/h5-11,14H,4,12-13,15H2,1-3H3,(H,23,25). The molecule has 0 radical (unpaired) electrons. The molecule has 2 aromatic carbocycles. The summed E-state index contributed by atoms with van der Waals surface area (Å²) in [6.07, 6.45) is 1.24. The number of anilines is 1. The summed E-state index contributed by atoms with van der Waals surface area (Å²) in [6, 6.07) is 15.8. The molecule has 1 N–H and O–H groups in total. The lowest BCUT2D eigenvalue weighted by Crippen LogP contribution is -2.42. The normalized spacial score (nSPS) is 14.6. The molecule has 0 aliphatic heterocycles. The van der Waals surface area contributed by atoms with Crippen LogP contribution in [-0.4, -0.2) is 23.3 Å². The van der Waals surface area contributed by atoms with Gasteiger partial charge in [0.15, 0.2) is 0 Å². The fraction of sp³-hybridized carbons (Fsp3) is 0.364. The first-order valence-corrected chi connectivity index (χ1v) is 9.18. The maximum atomic E-state index is 13.1. The van der Waals surface area contributed by atoms with E-state index in [-0.39, 0.29) is 11.8 Å². The van der Waals surface area contributed by atoms with E-state index in [1.54, 1.807) is 4.90 Å². The summed E-state index contributed by atoms with van der Waals surface area (Å²) in [5, 5.41) is 2.98. The van der Waals surface area contributed by atoms with Gasteiger partial charge in [-0.3, -0.25) is 9.59 Å². The fourth-order valence-corrected chi connectivity index (χ4v) is 3.29. The molecule has 2 aromatic rings. The van der Waals surface area contributed by atoms with Gasteiger partial charge in [-0.1, -0.05) is 48.0 Å². The molecule has 0 bridgehead atoms. The predicted octanol–water partition coefficient (Wildman–Crippen LogP) is 4.07. The number of benzene rings is 2. The molecule has 0 atom stereocenters. The van der Waals surface area contributed by atoms with E-state index < -0.39 is 5.41 Å². The van der Waals surface area contributed by atoms with Crippen molar-refractivity contribution in [1.82, 2.24) is 4.90 Å². The fourth-order valence-electron chi connectivity index (χ4n) is 3.29. The topological polar surface area (TPSA) is 49.4 Å². The number of nitrogens with one attached hydrogen (secondary N) is 1. The smallest absolute Gasteiger partial charge is 0.240 e. The largest absolute Gasteiger partial charge is 0.338 e. The Morgan fingerprint density at radius 2 is 1.77 bits per heavy atom. The van der Waals surface area contributed by atoms with Crippen LogP contribution in [0.3, 0.4) is 0 Å². The minimum Gasteiger partial charge on any atom is -0.338 e. The molecule has 2 amide bonds. The minimum atomic E-state index is -0.901. The molecule has 136 valence electrons. The Hall–Kier alpha value is -2.62. The summed E-state index contributed by atoms with van der Waals surface area (Å²) in [4.78, 5) is 27.8. The van der Waals surface area contributed by atoms with Crippen molar-refractivity contribution in [2.45, 2.75) is 40.2 Å². The monoisotopic (exact) mass is 350 g/mol. The van der Waals surface area contributed by atoms with Crippen LogP contribution in [0.4, 0.5) is 5.69 Å². The highest BCUT2D eigenvalue weighted by Crippen LogP contribution is 2.48. The molecule has 4 heteroatoms. The highest BCUT2D eigenvalue weighted by molar-refractivity contribution is 6.13. The molecular formula is C22H26N2O2. The van der Waals surface area contributed by atoms with Crippen LogP contribution in [0.15, 0.2) is 48.5 Å². The van der Waals surface area contributed by atoms with E-state index in [9.17, 15) is 9.59 Å². The van der Waals surface area contributed by atoms with Crippen LogP contribution in [0.5, 0.6) is 0 Å². The second kappa shape index (κ2) is 7.32. The Bertz CT molecular complexity index is 810. The van der Waals surface area contributed by atoms with E-state index in [4.69, 9.17) is 0 Å². The van der Waals surface area contributed by atoms with E-state index in [1.807, 2.05) is 69.3 Å². The second-order valence-corrected chi connectivity index (χ2v) is 7.16. The third kappa shape index (κ3) is 3.64. The van der Waals surface area contributed by atoms with Gasteiger partial charge in [0.25, 0.3) is 0 Å². The van der Waals surface area contributed by atoms with Crippen molar-refractivity contribution in [1.29, 1.82) is 0 Å². The number of amides is 2. The average molecular weight is 350 g/mol. The van der Waals surface area contributed by atoms with Crippen molar-refractivity contribution in [2.75, 3.05) is 11.9 Å². The molecule has 0 heterocycles. The number of hydrogen-bond donors (Lipinski definition) is 1. The summed E-state index contributed by atoms with van der Waals surface area (Å²) >= 11 is 0. The highest BCUT2D eigenvalue weighted by atomic mass is 16.2. The van der Waals surface area contributed by atoms with Crippen LogP contribution in [-0.2, 0) is 16.1 Å². The van der Waals surface area contributed by atoms with E-state index in [2.05, 4.69) is 5.32 Å². The van der Waals surface area contributed by atoms with Gasteiger partial charge in [-0.15, -0.1) is 0 Å². The third-order valence-corrected chi connectivity index (χ3v) is 5.11. The quantitative estimate of drug-likeness (QED) is 0.799. The van der Waals surface area contributed by atoms with Gasteiger partial charge in [0.1, 0.15) is 5.41 Å². The lowest BCUT2D eigenvalue weighted by Gasteiger charge is -2.26. The van der Waals surface area contributed by atoms with Gasteiger partial charge in [0.2, 0.25) is 11.8 Å². The first-order chi connectivity index (χ1) is 12.5. The van der Waals surface area contributed by atoms with E-state index in [1.165, 1.54) is 0 Å². The number of carbonyl (C=O) groups excluding carboxylic acids is 2. The maximum Gasteiger partial charge on any atom is 0.240 e. The first-order valence-electron chi connectivity index (χ1n) is 9.18. The lowest BCUT2D eigenvalue weighted by atomic mass is 10.0. The summed E-state index contributed by atoms with van der Waals surface area (Å²) in [5.74, 6) is -0.243. The zero-order chi connectivity index (χ0) is 18.7. The van der Waals surface area contributed by atoms with Gasteiger partial charge in [-0.25, -0.2) is 0 Å². The lowest BCUT2D eigenvalue weighted by molar-refractivity contribution is -0.142. The molecule has 26 heavy (non-hydrogen) atoms. The van der Waals surface area contributed by atoms with Gasteiger partial charge in [-0.2, -0.15) is 0 Å². The van der Waals surface area contributed by atoms with Crippen LogP contribution in [0.1, 0.15) is 36.5 Å². The molecule has 1 fully saturated rings. The summed E-state index contributed by atoms with van der Waals surface area (Å²) in [6.45, 7) is 7.07. The van der Waals surface area contributed by atoms with Crippen molar-refractivity contribution in [3.8, 4) is 0 Å². The van der Waals surface area contributed by atoms with Crippen molar-refractivity contribution >= 4 is 17.5 Å². The van der Waals surface area contributed by atoms with E-state index in [0.717, 1.165) is 22.4 Å². The molecule has 0 spiro atoms. The van der Waals surface area contributed by atoms with Gasteiger partial charge in [-0.05, 0) is 50.8 Å². The minimum absolute atomic E-state index is 0.0638. The third-order valence-electron chi connectivity index (χ3n) is 5.11. The van der Waals surface area contributed by atoms with Crippen molar-refractivity contribution in [2.24, 2.45) is 5.41 Å². The second-order valence-electron chi connectivity index (χ2n) is 7.16. The van der Waals surface area contributed by atoms with E-state index in [0.29, 0.717) is 25.9 Å². The summed E-state index contributed by atoms with van der Waals surface area (Å²) in [7, 11) is 0. The van der Waals surface area contributed by atoms with Crippen LogP contribution in [0, 0.1) is 19.3 Å². The van der Waals surface area contributed by atoms with Gasteiger partial charge < -0.3 is 10.2 Å². The summed E-state index contributed by atoms with van der Waals surface area (Å²) in [5.41, 5.74) is 3.12. The Labute approximate surface area is 155 Å². The predicted molar refractivity (Wildman–Crippen MR) is 104 cm³/mol. The SMILES string of the molecule is CCN(Cc1ccccc1)C(=O)C1(C(=O)Nc2ccc(C)cc2C)CC1. The van der Waals surface area contributed by atoms with Gasteiger partial charge in [0, 0.05) is 18.8 Å². The first kappa shape index (κ1) is 18.2.